The van der Waals surface area contributed by atoms with Crippen molar-refractivity contribution in [3.8, 4) is 50.2 Å². The van der Waals surface area contributed by atoms with Crippen LogP contribution in [0.3, 0.4) is 0 Å². The van der Waals surface area contributed by atoms with Gasteiger partial charge in [0.1, 0.15) is 0 Å². The number of hydrogen-bond donors (Lipinski definition) is 0. The van der Waals surface area contributed by atoms with Gasteiger partial charge in [0.2, 0.25) is 0 Å². The highest BCUT2D eigenvalue weighted by Gasteiger charge is 2.57. The van der Waals surface area contributed by atoms with E-state index in [9.17, 15) is 0 Å². The zero-order chi connectivity index (χ0) is 38.6. The van der Waals surface area contributed by atoms with Crippen LogP contribution in [0.25, 0.3) is 99.1 Å². The Morgan fingerprint density at radius 1 is 0.356 bits per heavy atom. The summed E-state index contributed by atoms with van der Waals surface area (Å²) >= 11 is 0. The molecule has 0 spiro atoms. The smallest absolute Gasteiger partial charge is 0.0541 e. The van der Waals surface area contributed by atoms with Gasteiger partial charge in [0.25, 0.3) is 0 Å². The average molecular weight is 752 g/mol. The Bertz CT molecular complexity index is 3270. The molecule has 13 rings (SSSR count). The molecule has 0 amide bonds. The standard InChI is InChI=1S/C58H41N/c1-2-12-36(13-3-1)37-22-24-38(25-23-37)40-28-31-56-54(32-40)44-15-10-11-21-55(44)59(56)42-29-26-39(27-30-42)57-46-17-6-8-19-48(46)58(49-20-9-7-18-47(49)57)45-16-5-4-14-43(45)51-34-41-33-50(41)52-35-53(51)52/h1-32,34,41,50,52-53H,33,35H2. The van der Waals surface area contributed by atoms with E-state index >= 15 is 0 Å². The SMILES string of the molecule is C1=C(c2ccccc2-c2c3ccccc3c(-c3ccc(-n4c5ccccc5c5cc(-c6ccc(-c7ccccc7)cc6)ccc54)cc3)c3ccccc23)C2CC2C2CC12. The molecule has 0 saturated heterocycles. The molecule has 4 atom stereocenters. The lowest BCUT2D eigenvalue weighted by atomic mass is 9.82. The molecule has 1 aromatic heterocycles. The van der Waals surface area contributed by atoms with Crippen LogP contribution in [-0.2, 0) is 0 Å². The Balaban J connectivity index is 0.926. The number of allylic oxidation sites excluding steroid dienone is 2. The van der Waals surface area contributed by atoms with Gasteiger partial charge in [-0.1, -0.05) is 170 Å². The van der Waals surface area contributed by atoms with Gasteiger partial charge < -0.3 is 4.57 Å². The second kappa shape index (κ2) is 12.8. The highest BCUT2D eigenvalue weighted by atomic mass is 15.0. The molecule has 278 valence electrons. The maximum Gasteiger partial charge on any atom is 0.0541 e. The molecule has 0 bridgehead atoms. The molecule has 1 heteroatoms. The predicted octanol–water partition coefficient (Wildman–Crippen LogP) is 15.4. The van der Waals surface area contributed by atoms with Crippen molar-refractivity contribution in [2.24, 2.45) is 23.7 Å². The molecule has 0 aliphatic heterocycles. The van der Waals surface area contributed by atoms with Gasteiger partial charge in [-0.25, -0.2) is 0 Å². The van der Waals surface area contributed by atoms with Crippen molar-refractivity contribution < 1.29 is 0 Å². The van der Waals surface area contributed by atoms with Gasteiger partial charge in [-0.2, -0.15) is 0 Å². The Kier molecular flexibility index (Phi) is 7.15. The molecular formula is C58H41N. The first-order chi connectivity index (χ1) is 29.3. The second-order valence-electron chi connectivity index (χ2n) is 17.2. The third-order valence-corrected chi connectivity index (χ3v) is 13.9. The summed E-state index contributed by atoms with van der Waals surface area (Å²) in [6, 6.07) is 72.1. The highest BCUT2D eigenvalue weighted by Crippen LogP contribution is 2.67. The summed E-state index contributed by atoms with van der Waals surface area (Å²) in [6.45, 7) is 0. The maximum absolute atomic E-state index is 2.65. The largest absolute Gasteiger partial charge is 0.309 e. The van der Waals surface area contributed by atoms with E-state index in [0.29, 0.717) is 0 Å². The van der Waals surface area contributed by atoms with Gasteiger partial charge in [0, 0.05) is 16.5 Å². The molecule has 3 aliphatic carbocycles. The molecule has 9 aromatic carbocycles. The average Bonchev–Trinajstić information content (AvgIpc) is 4.24. The Morgan fingerprint density at radius 3 is 1.59 bits per heavy atom. The number of fused-ring (bicyclic) bond motifs is 8. The minimum Gasteiger partial charge on any atom is -0.309 e. The lowest BCUT2D eigenvalue weighted by Gasteiger charge is -2.21. The number of benzene rings is 9. The van der Waals surface area contributed by atoms with E-state index in [1.165, 1.54) is 106 Å². The van der Waals surface area contributed by atoms with Crippen molar-refractivity contribution in [3.63, 3.8) is 0 Å². The van der Waals surface area contributed by atoms with Crippen molar-refractivity contribution in [2.45, 2.75) is 12.8 Å². The summed E-state index contributed by atoms with van der Waals surface area (Å²) in [4.78, 5) is 0. The first-order valence-corrected chi connectivity index (χ1v) is 21.3. The van der Waals surface area contributed by atoms with Crippen molar-refractivity contribution in [3.05, 3.63) is 206 Å². The molecule has 0 N–H and O–H groups in total. The van der Waals surface area contributed by atoms with Crippen LogP contribution in [0.2, 0.25) is 0 Å². The van der Waals surface area contributed by atoms with Gasteiger partial charge in [-0.15, -0.1) is 0 Å². The fourth-order valence-electron chi connectivity index (χ4n) is 11.0. The quantitative estimate of drug-likeness (QED) is 0.149. The lowest BCUT2D eigenvalue weighted by molar-refractivity contribution is 0.639. The van der Waals surface area contributed by atoms with Gasteiger partial charge >= 0.3 is 0 Å². The molecule has 1 nitrogen and oxygen atoms in total. The van der Waals surface area contributed by atoms with Gasteiger partial charge in [0.15, 0.2) is 0 Å². The molecule has 2 fully saturated rings. The molecule has 2 saturated carbocycles. The molecular weight excluding hydrogens is 711 g/mol. The first kappa shape index (κ1) is 33.1. The van der Waals surface area contributed by atoms with E-state index in [0.717, 1.165) is 29.4 Å². The lowest BCUT2D eigenvalue weighted by Crippen LogP contribution is -2.01. The number of hydrogen-bond acceptors (Lipinski definition) is 0. The fraction of sp³-hybridized carbons (Fsp3) is 0.103. The normalized spacial score (nSPS) is 19.2. The number of nitrogens with zero attached hydrogens (tertiary/aromatic N) is 1. The summed E-state index contributed by atoms with van der Waals surface area (Å²) in [6.07, 6.45) is 5.42. The highest BCUT2D eigenvalue weighted by molar-refractivity contribution is 6.22. The number of para-hydroxylation sites is 1. The monoisotopic (exact) mass is 751 g/mol. The van der Waals surface area contributed by atoms with E-state index in [1.54, 1.807) is 5.57 Å². The van der Waals surface area contributed by atoms with Crippen LogP contribution in [0, 0.1) is 23.7 Å². The van der Waals surface area contributed by atoms with Crippen LogP contribution in [0.15, 0.2) is 200 Å². The minimum atomic E-state index is 0.740. The maximum atomic E-state index is 2.65. The topological polar surface area (TPSA) is 4.93 Å². The predicted molar refractivity (Wildman–Crippen MR) is 249 cm³/mol. The van der Waals surface area contributed by atoms with Crippen LogP contribution in [0.1, 0.15) is 18.4 Å². The van der Waals surface area contributed by atoms with Crippen molar-refractivity contribution >= 4 is 48.9 Å². The Labute approximate surface area is 344 Å². The zero-order valence-electron chi connectivity index (χ0n) is 32.7. The third kappa shape index (κ3) is 5.17. The van der Waals surface area contributed by atoms with Crippen molar-refractivity contribution in [2.75, 3.05) is 0 Å². The second-order valence-corrected chi connectivity index (χ2v) is 17.2. The molecule has 3 aliphatic rings. The summed E-state index contributed by atoms with van der Waals surface area (Å²) in [5.41, 5.74) is 16.8. The Morgan fingerprint density at radius 2 is 0.881 bits per heavy atom. The van der Waals surface area contributed by atoms with E-state index in [2.05, 4.69) is 205 Å². The summed E-state index contributed by atoms with van der Waals surface area (Å²) in [5.74, 6) is 3.41. The third-order valence-electron chi connectivity index (χ3n) is 13.9. The molecule has 0 radical (unpaired) electrons. The number of rotatable bonds is 6. The fourth-order valence-corrected chi connectivity index (χ4v) is 11.0. The minimum absolute atomic E-state index is 0.740. The molecule has 4 unspecified atom stereocenters. The van der Waals surface area contributed by atoms with E-state index in [4.69, 9.17) is 0 Å². The first-order valence-electron chi connectivity index (χ1n) is 21.3. The summed E-state index contributed by atoms with van der Waals surface area (Å²) in [5, 5.41) is 7.77. The van der Waals surface area contributed by atoms with Gasteiger partial charge in [-0.05, 0) is 144 Å². The van der Waals surface area contributed by atoms with Gasteiger partial charge in [-0.3, -0.25) is 0 Å². The van der Waals surface area contributed by atoms with E-state index in [1.807, 2.05) is 0 Å². The molecule has 10 aromatic rings. The molecule has 59 heavy (non-hydrogen) atoms. The van der Waals surface area contributed by atoms with Crippen molar-refractivity contribution in [1.29, 1.82) is 0 Å². The number of aromatic nitrogens is 1. The van der Waals surface area contributed by atoms with E-state index in [-0.39, 0.29) is 0 Å². The summed E-state index contributed by atoms with van der Waals surface area (Å²) < 4.78 is 2.43. The van der Waals surface area contributed by atoms with Crippen LogP contribution < -0.4 is 0 Å². The Hall–Kier alpha value is -6.96. The zero-order valence-corrected chi connectivity index (χ0v) is 32.7. The molecule has 1 heterocycles. The van der Waals surface area contributed by atoms with E-state index < -0.39 is 0 Å². The van der Waals surface area contributed by atoms with Crippen LogP contribution in [0.5, 0.6) is 0 Å². The summed E-state index contributed by atoms with van der Waals surface area (Å²) in [7, 11) is 0. The van der Waals surface area contributed by atoms with Crippen LogP contribution >= 0.6 is 0 Å². The van der Waals surface area contributed by atoms with Gasteiger partial charge in [0.05, 0.1) is 11.0 Å². The van der Waals surface area contributed by atoms with Crippen LogP contribution in [-0.4, -0.2) is 4.57 Å². The van der Waals surface area contributed by atoms with Crippen LogP contribution in [0.4, 0.5) is 0 Å². The van der Waals surface area contributed by atoms with Crippen molar-refractivity contribution in [1.82, 2.24) is 4.57 Å².